The van der Waals surface area contributed by atoms with Gasteiger partial charge < -0.3 is 15.1 Å². The van der Waals surface area contributed by atoms with Gasteiger partial charge in [0, 0.05) is 19.2 Å². The lowest BCUT2D eigenvalue weighted by molar-refractivity contribution is 0.0960. The molecule has 2 rings (SSSR count). The average molecular weight is 266 g/mol. The highest BCUT2D eigenvalue weighted by Crippen LogP contribution is 2.22. The number of amides is 1. The van der Waals surface area contributed by atoms with Crippen LogP contribution in [0.15, 0.2) is 41.0 Å². The number of anilines is 1. The van der Waals surface area contributed by atoms with Crippen LogP contribution in [0.2, 0.25) is 0 Å². The molecule has 0 aliphatic carbocycles. The van der Waals surface area contributed by atoms with Crippen molar-refractivity contribution in [1.82, 2.24) is 0 Å². The second-order valence-corrected chi connectivity index (χ2v) is 3.82. The summed E-state index contributed by atoms with van der Waals surface area (Å²) in [6.45, 7) is 0.241. The summed E-state index contributed by atoms with van der Waals surface area (Å²) in [5.74, 6) is -1.99. The Kier molecular flexibility index (Phi) is 3.91. The molecular weight excluding hydrogens is 254 g/mol. The van der Waals surface area contributed by atoms with Crippen molar-refractivity contribution in [3.63, 3.8) is 0 Å². The van der Waals surface area contributed by atoms with Crippen molar-refractivity contribution in [2.24, 2.45) is 5.73 Å². The molecule has 0 saturated heterocycles. The van der Waals surface area contributed by atoms with Crippen LogP contribution in [0.25, 0.3) is 0 Å². The van der Waals surface area contributed by atoms with Crippen molar-refractivity contribution in [1.29, 1.82) is 0 Å². The minimum Gasteiger partial charge on any atom is -0.459 e. The number of benzene rings is 1. The SMILES string of the molecule is NCCN(C(=O)c1ccco1)c1ccc(F)cc1F. The number of nitrogens with two attached hydrogens (primary N) is 1. The van der Waals surface area contributed by atoms with Gasteiger partial charge in [0.15, 0.2) is 5.76 Å². The Hall–Kier alpha value is -2.21. The number of halogens is 2. The number of hydrogen-bond acceptors (Lipinski definition) is 3. The zero-order valence-corrected chi connectivity index (χ0v) is 9.98. The molecule has 1 aromatic carbocycles. The number of hydrogen-bond donors (Lipinski definition) is 1. The third-order valence-corrected chi connectivity index (χ3v) is 2.53. The van der Waals surface area contributed by atoms with E-state index < -0.39 is 17.5 Å². The molecule has 1 heterocycles. The molecule has 6 heteroatoms. The fourth-order valence-corrected chi connectivity index (χ4v) is 1.69. The fourth-order valence-electron chi connectivity index (χ4n) is 1.69. The molecule has 1 aromatic heterocycles. The Labute approximate surface area is 108 Å². The molecule has 19 heavy (non-hydrogen) atoms. The van der Waals surface area contributed by atoms with Gasteiger partial charge in [-0.05, 0) is 24.3 Å². The van der Waals surface area contributed by atoms with Crippen LogP contribution in [-0.4, -0.2) is 19.0 Å². The van der Waals surface area contributed by atoms with E-state index >= 15 is 0 Å². The van der Waals surface area contributed by atoms with Gasteiger partial charge in [0.05, 0.1) is 12.0 Å². The Morgan fingerprint density at radius 2 is 2.11 bits per heavy atom. The van der Waals surface area contributed by atoms with Crippen LogP contribution >= 0.6 is 0 Å². The third kappa shape index (κ3) is 2.79. The van der Waals surface area contributed by atoms with Crippen molar-refractivity contribution in [3.05, 3.63) is 54.0 Å². The van der Waals surface area contributed by atoms with Crippen LogP contribution < -0.4 is 10.6 Å². The summed E-state index contributed by atoms with van der Waals surface area (Å²) >= 11 is 0. The van der Waals surface area contributed by atoms with Gasteiger partial charge in [-0.25, -0.2) is 8.78 Å². The molecule has 4 nitrogen and oxygen atoms in total. The largest absolute Gasteiger partial charge is 0.459 e. The number of carbonyl (C=O) groups excluding carboxylic acids is 1. The number of carbonyl (C=O) groups is 1. The van der Waals surface area contributed by atoms with Gasteiger partial charge in [0.25, 0.3) is 5.91 Å². The first-order chi connectivity index (χ1) is 9.13. The average Bonchev–Trinajstić information content (AvgIpc) is 2.90. The summed E-state index contributed by atoms with van der Waals surface area (Å²) in [7, 11) is 0. The summed E-state index contributed by atoms with van der Waals surface area (Å²) in [5.41, 5.74) is 5.38. The fraction of sp³-hybridized carbons (Fsp3) is 0.154. The lowest BCUT2D eigenvalue weighted by atomic mass is 10.2. The topological polar surface area (TPSA) is 59.5 Å². The maximum absolute atomic E-state index is 13.7. The summed E-state index contributed by atoms with van der Waals surface area (Å²) < 4.78 is 31.6. The zero-order chi connectivity index (χ0) is 13.8. The lowest BCUT2D eigenvalue weighted by Gasteiger charge is -2.21. The van der Waals surface area contributed by atoms with Crippen molar-refractivity contribution in [2.45, 2.75) is 0 Å². The minimum atomic E-state index is -0.826. The Balaban J connectivity index is 2.37. The maximum atomic E-state index is 13.7. The smallest absolute Gasteiger partial charge is 0.294 e. The maximum Gasteiger partial charge on any atom is 0.294 e. The molecule has 0 atom stereocenters. The van der Waals surface area contributed by atoms with Gasteiger partial charge in [-0.3, -0.25) is 4.79 Å². The molecule has 0 fully saturated rings. The highest BCUT2D eigenvalue weighted by molar-refractivity contribution is 6.04. The Morgan fingerprint density at radius 3 is 2.68 bits per heavy atom. The predicted octanol–water partition coefficient (Wildman–Crippen LogP) is 2.16. The second kappa shape index (κ2) is 5.62. The summed E-state index contributed by atoms with van der Waals surface area (Å²) in [5, 5.41) is 0. The van der Waals surface area contributed by atoms with E-state index in [0.717, 1.165) is 11.0 Å². The molecule has 2 aromatic rings. The molecule has 0 bridgehead atoms. The first kappa shape index (κ1) is 13.2. The summed E-state index contributed by atoms with van der Waals surface area (Å²) in [4.78, 5) is 13.3. The third-order valence-electron chi connectivity index (χ3n) is 2.53. The van der Waals surface area contributed by atoms with E-state index in [1.165, 1.54) is 18.4 Å². The monoisotopic (exact) mass is 266 g/mol. The van der Waals surface area contributed by atoms with E-state index in [1.54, 1.807) is 6.07 Å². The van der Waals surface area contributed by atoms with Gasteiger partial charge in [-0.1, -0.05) is 0 Å². The molecule has 0 spiro atoms. The molecule has 0 saturated carbocycles. The highest BCUT2D eigenvalue weighted by Gasteiger charge is 2.22. The molecule has 0 unspecified atom stereocenters. The van der Waals surface area contributed by atoms with E-state index in [-0.39, 0.29) is 24.5 Å². The van der Waals surface area contributed by atoms with E-state index in [1.807, 2.05) is 0 Å². The molecule has 0 aliphatic rings. The van der Waals surface area contributed by atoms with E-state index in [4.69, 9.17) is 10.2 Å². The molecule has 100 valence electrons. The van der Waals surface area contributed by atoms with Gasteiger partial charge in [0.1, 0.15) is 11.6 Å². The summed E-state index contributed by atoms with van der Waals surface area (Å²) in [6.07, 6.45) is 1.34. The quantitative estimate of drug-likeness (QED) is 0.922. The lowest BCUT2D eigenvalue weighted by Crippen LogP contribution is -2.35. The van der Waals surface area contributed by atoms with E-state index in [0.29, 0.717) is 6.07 Å². The van der Waals surface area contributed by atoms with Crippen LogP contribution in [-0.2, 0) is 0 Å². The van der Waals surface area contributed by atoms with Gasteiger partial charge >= 0.3 is 0 Å². The molecule has 2 N–H and O–H groups in total. The van der Waals surface area contributed by atoms with Gasteiger partial charge in [0.2, 0.25) is 0 Å². The van der Waals surface area contributed by atoms with Crippen molar-refractivity contribution in [2.75, 3.05) is 18.0 Å². The van der Waals surface area contributed by atoms with Crippen molar-refractivity contribution >= 4 is 11.6 Å². The van der Waals surface area contributed by atoms with Crippen molar-refractivity contribution < 1.29 is 18.0 Å². The van der Waals surface area contributed by atoms with Gasteiger partial charge in [-0.15, -0.1) is 0 Å². The first-order valence-corrected chi connectivity index (χ1v) is 5.64. The number of furan rings is 1. The van der Waals surface area contributed by atoms with Gasteiger partial charge in [-0.2, -0.15) is 0 Å². The highest BCUT2D eigenvalue weighted by atomic mass is 19.1. The first-order valence-electron chi connectivity index (χ1n) is 5.64. The van der Waals surface area contributed by atoms with Crippen LogP contribution in [0.4, 0.5) is 14.5 Å². The number of rotatable bonds is 4. The molecular formula is C13H12F2N2O2. The summed E-state index contributed by atoms with van der Waals surface area (Å²) in [6, 6.07) is 6.01. The van der Waals surface area contributed by atoms with Crippen LogP contribution in [0.5, 0.6) is 0 Å². The normalized spacial score (nSPS) is 10.5. The molecule has 0 aliphatic heterocycles. The number of nitrogens with zero attached hydrogens (tertiary/aromatic N) is 1. The van der Waals surface area contributed by atoms with Crippen LogP contribution in [0.3, 0.4) is 0 Å². The van der Waals surface area contributed by atoms with Crippen LogP contribution in [0.1, 0.15) is 10.6 Å². The predicted molar refractivity (Wildman–Crippen MR) is 65.8 cm³/mol. The minimum absolute atomic E-state index is 0.0340. The van der Waals surface area contributed by atoms with E-state index in [9.17, 15) is 13.6 Å². The standard InChI is InChI=1S/C13H12F2N2O2/c14-9-3-4-11(10(15)8-9)17(6-5-16)13(18)12-2-1-7-19-12/h1-4,7-8H,5-6,16H2. The molecule has 0 radical (unpaired) electrons. The second-order valence-electron chi connectivity index (χ2n) is 3.82. The molecule has 1 amide bonds. The van der Waals surface area contributed by atoms with Crippen molar-refractivity contribution in [3.8, 4) is 0 Å². The van der Waals surface area contributed by atoms with Crippen LogP contribution in [0, 0.1) is 11.6 Å². The Morgan fingerprint density at radius 1 is 1.32 bits per heavy atom. The van der Waals surface area contributed by atoms with E-state index in [2.05, 4.69) is 0 Å². The zero-order valence-electron chi connectivity index (χ0n) is 9.98. The Bertz CT molecular complexity index is 570.